The van der Waals surface area contributed by atoms with Crippen LogP contribution in [0.3, 0.4) is 0 Å². The number of nitrogens with one attached hydrogen (secondary N) is 1. The number of benzene rings is 1. The summed E-state index contributed by atoms with van der Waals surface area (Å²) in [5.41, 5.74) is 3.22. The summed E-state index contributed by atoms with van der Waals surface area (Å²) >= 11 is 1.74. The fourth-order valence-corrected chi connectivity index (χ4v) is 2.91. The van der Waals surface area contributed by atoms with Crippen LogP contribution in [0.1, 0.15) is 15.6 Å². The molecule has 0 unspecified atom stereocenters. The molecular formula is C15H15N3OS. The Hall–Kier alpha value is -2.14. The summed E-state index contributed by atoms with van der Waals surface area (Å²) in [6.07, 6.45) is 3.16. The zero-order chi connectivity index (χ0) is 13.9. The van der Waals surface area contributed by atoms with E-state index in [9.17, 15) is 0 Å². The van der Waals surface area contributed by atoms with Gasteiger partial charge in [-0.2, -0.15) is 0 Å². The average molecular weight is 285 g/mol. The molecule has 4 nitrogen and oxygen atoms in total. The molecule has 20 heavy (non-hydrogen) atoms. The second kappa shape index (κ2) is 5.46. The standard InChI is InChI=1S/C15H15N3OS/c1-10-15(20-11(2)18-10)8-17-13-5-3-12(4-6-13)14-7-16-9-19-14/h3-7,9,17H,8H2,1-2H3. The second-order valence-electron chi connectivity index (χ2n) is 4.54. The summed E-state index contributed by atoms with van der Waals surface area (Å²) in [5, 5.41) is 4.52. The molecule has 2 heterocycles. The van der Waals surface area contributed by atoms with Gasteiger partial charge in [0.15, 0.2) is 12.2 Å². The van der Waals surface area contributed by atoms with E-state index in [-0.39, 0.29) is 0 Å². The maximum Gasteiger partial charge on any atom is 0.181 e. The molecule has 5 heteroatoms. The van der Waals surface area contributed by atoms with Crippen LogP contribution in [0, 0.1) is 13.8 Å². The highest BCUT2D eigenvalue weighted by Gasteiger charge is 2.05. The first-order chi connectivity index (χ1) is 9.72. The molecule has 0 bridgehead atoms. The number of oxazole rings is 1. The SMILES string of the molecule is Cc1nc(C)c(CNc2ccc(-c3cnco3)cc2)s1. The van der Waals surface area contributed by atoms with Gasteiger partial charge in [0.2, 0.25) is 0 Å². The third-order valence-electron chi connectivity index (χ3n) is 3.05. The van der Waals surface area contributed by atoms with E-state index in [1.807, 2.05) is 38.1 Å². The van der Waals surface area contributed by atoms with Gasteiger partial charge in [-0.05, 0) is 38.1 Å². The normalized spacial score (nSPS) is 10.7. The maximum absolute atomic E-state index is 5.27. The monoisotopic (exact) mass is 285 g/mol. The van der Waals surface area contributed by atoms with Crippen molar-refractivity contribution in [3.63, 3.8) is 0 Å². The van der Waals surface area contributed by atoms with Gasteiger partial charge < -0.3 is 9.73 Å². The molecule has 1 aromatic carbocycles. The zero-order valence-electron chi connectivity index (χ0n) is 11.4. The van der Waals surface area contributed by atoms with Crippen molar-refractivity contribution in [1.82, 2.24) is 9.97 Å². The first-order valence-corrected chi connectivity index (χ1v) is 7.20. The lowest BCUT2D eigenvalue weighted by Gasteiger charge is -2.06. The van der Waals surface area contributed by atoms with E-state index in [4.69, 9.17) is 4.42 Å². The summed E-state index contributed by atoms with van der Waals surface area (Å²) in [6.45, 7) is 4.89. The number of aryl methyl sites for hydroxylation is 2. The van der Waals surface area contributed by atoms with Crippen LogP contribution in [-0.2, 0) is 6.54 Å². The lowest BCUT2D eigenvalue weighted by atomic mass is 10.1. The van der Waals surface area contributed by atoms with Gasteiger partial charge in [0.25, 0.3) is 0 Å². The van der Waals surface area contributed by atoms with Crippen LogP contribution < -0.4 is 5.32 Å². The van der Waals surface area contributed by atoms with Crippen LogP contribution in [0.4, 0.5) is 5.69 Å². The van der Waals surface area contributed by atoms with E-state index < -0.39 is 0 Å². The van der Waals surface area contributed by atoms with Crippen molar-refractivity contribution in [2.45, 2.75) is 20.4 Å². The van der Waals surface area contributed by atoms with Crippen LogP contribution in [0.15, 0.2) is 41.3 Å². The van der Waals surface area contributed by atoms with Crippen molar-refractivity contribution in [2.75, 3.05) is 5.32 Å². The summed E-state index contributed by atoms with van der Waals surface area (Å²) in [4.78, 5) is 9.63. The van der Waals surface area contributed by atoms with Gasteiger partial charge in [0.1, 0.15) is 0 Å². The first-order valence-electron chi connectivity index (χ1n) is 6.38. The third-order valence-corrected chi connectivity index (χ3v) is 4.13. The van der Waals surface area contributed by atoms with Crippen LogP contribution in [-0.4, -0.2) is 9.97 Å². The van der Waals surface area contributed by atoms with Gasteiger partial charge in [-0.15, -0.1) is 11.3 Å². The molecule has 0 spiro atoms. The fourth-order valence-electron chi connectivity index (χ4n) is 2.03. The summed E-state index contributed by atoms with van der Waals surface area (Å²) in [5.74, 6) is 0.783. The molecule has 3 aromatic rings. The molecule has 3 rings (SSSR count). The molecule has 1 N–H and O–H groups in total. The van der Waals surface area contributed by atoms with Crippen molar-refractivity contribution in [1.29, 1.82) is 0 Å². The maximum atomic E-state index is 5.27. The molecule has 0 aliphatic heterocycles. The van der Waals surface area contributed by atoms with Gasteiger partial charge in [0, 0.05) is 16.1 Å². The number of anilines is 1. The Labute approximate surface area is 121 Å². The molecule has 0 fully saturated rings. The van der Waals surface area contributed by atoms with E-state index in [0.717, 1.165) is 34.3 Å². The lowest BCUT2D eigenvalue weighted by molar-refractivity contribution is 0.572. The molecule has 0 radical (unpaired) electrons. The van der Waals surface area contributed by atoms with Gasteiger partial charge in [-0.1, -0.05) is 0 Å². The van der Waals surface area contributed by atoms with E-state index in [1.54, 1.807) is 17.5 Å². The Balaban J connectivity index is 1.68. The Morgan fingerprint density at radius 3 is 2.60 bits per heavy atom. The molecule has 102 valence electrons. The van der Waals surface area contributed by atoms with Crippen LogP contribution in [0.2, 0.25) is 0 Å². The van der Waals surface area contributed by atoms with Gasteiger partial charge in [0.05, 0.1) is 23.4 Å². The van der Waals surface area contributed by atoms with Gasteiger partial charge in [-0.3, -0.25) is 0 Å². The highest BCUT2D eigenvalue weighted by atomic mass is 32.1. The Kier molecular flexibility index (Phi) is 3.52. The molecule has 0 saturated carbocycles. The molecule has 0 saturated heterocycles. The zero-order valence-corrected chi connectivity index (χ0v) is 12.2. The minimum Gasteiger partial charge on any atom is -0.444 e. The minimum atomic E-state index is 0.783. The fraction of sp³-hybridized carbons (Fsp3) is 0.200. The molecule has 0 aliphatic rings. The minimum absolute atomic E-state index is 0.783. The van der Waals surface area contributed by atoms with E-state index in [0.29, 0.717) is 0 Å². The van der Waals surface area contributed by atoms with Crippen LogP contribution in [0.25, 0.3) is 11.3 Å². The average Bonchev–Trinajstić information content (AvgIpc) is 3.07. The van der Waals surface area contributed by atoms with Crippen molar-refractivity contribution < 1.29 is 4.42 Å². The van der Waals surface area contributed by atoms with E-state index in [2.05, 4.69) is 15.3 Å². The Morgan fingerprint density at radius 1 is 1.20 bits per heavy atom. The van der Waals surface area contributed by atoms with Crippen LogP contribution >= 0.6 is 11.3 Å². The molecule has 0 aliphatic carbocycles. The van der Waals surface area contributed by atoms with Crippen molar-refractivity contribution in [3.05, 3.63) is 52.4 Å². The predicted molar refractivity (Wildman–Crippen MR) is 80.9 cm³/mol. The third kappa shape index (κ3) is 2.72. The topological polar surface area (TPSA) is 51.0 Å². The molecule has 0 amide bonds. The summed E-state index contributed by atoms with van der Waals surface area (Å²) in [6, 6.07) is 8.13. The number of thiazole rings is 1. The highest BCUT2D eigenvalue weighted by molar-refractivity contribution is 7.11. The smallest absolute Gasteiger partial charge is 0.181 e. The van der Waals surface area contributed by atoms with E-state index in [1.165, 1.54) is 11.3 Å². The first kappa shape index (κ1) is 12.9. The van der Waals surface area contributed by atoms with Crippen molar-refractivity contribution in [2.24, 2.45) is 0 Å². The number of aromatic nitrogens is 2. The number of nitrogens with zero attached hydrogens (tertiary/aromatic N) is 2. The number of hydrogen-bond acceptors (Lipinski definition) is 5. The van der Waals surface area contributed by atoms with Crippen molar-refractivity contribution >= 4 is 17.0 Å². The van der Waals surface area contributed by atoms with Crippen LogP contribution in [0.5, 0.6) is 0 Å². The molecule has 0 atom stereocenters. The Bertz CT molecular complexity index is 686. The number of hydrogen-bond donors (Lipinski definition) is 1. The van der Waals surface area contributed by atoms with Gasteiger partial charge >= 0.3 is 0 Å². The predicted octanol–water partition coefficient (Wildman–Crippen LogP) is 4.03. The second-order valence-corrected chi connectivity index (χ2v) is 5.83. The van der Waals surface area contributed by atoms with Crippen molar-refractivity contribution in [3.8, 4) is 11.3 Å². The molecule has 2 aromatic heterocycles. The quantitative estimate of drug-likeness (QED) is 0.786. The van der Waals surface area contributed by atoms with E-state index >= 15 is 0 Å². The highest BCUT2D eigenvalue weighted by Crippen LogP contribution is 2.22. The number of rotatable bonds is 4. The summed E-state index contributed by atoms with van der Waals surface area (Å²) in [7, 11) is 0. The Morgan fingerprint density at radius 2 is 2.00 bits per heavy atom. The largest absolute Gasteiger partial charge is 0.444 e. The lowest BCUT2D eigenvalue weighted by Crippen LogP contribution is -1.98. The summed E-state index contributed by atoms with van der Waals surface area (Å²) < 4.78 is 5.27. The van der Waals surface area contributed by atoms with Gasteiger partial charge in [-0.25, -0.2) is 9.97 Å². The molecular weight excluding hydrogens is 270 g/mol.